The fraction of sp³-hybridized carbons (Fsp3) is 0.500. The van der Waals surface area contributed by atoms with Gasteiger partial charge in [-0.2, -0.15) is 0 Å². The lowest BCUT2D eigenvalue weighted by atomic mass is 9.72. The second-order valence-corrected chi connectivity index (χ2v) is 6.26. The van der Waals surface area contributed by atoms with Crippen molar-refractivity contribution < 1.29 is 14.5 Å². The van der Waals surface area contributed by atoms with Gasteiger partial charge in [0.2, 0.25) is 6.54 Å². The quantitative estimate of drug-likeness (QED) is 0.613. The molecule has 6 heteroatoms. The normalized spacial score (nSPS) is 28.2. The molecule has 1 aromatic rings. The average molecular weight is 340 g/mol. The van der Waals surface area contributed by atoms with E-state index >= 15 is 0 Å². The predicted octanol–water partition coefficient (Wildman–Crippen LogP) is 2.94. The Labute approximate surface area is 124 Å². The standard InChI is InChI=1S/C14H14BrNO4/c15-8-4-5-12-9(6-8)10(7-16(18)19)14-11(17)2-1-3-13(14)20-12/h4-6,10,13-14H,1-3,7H2/t10-,13+,14-/m0/s1. The third-order valence-corrected chi connectivity index (χ3v) is 4.61. The minimum absolute atomic E-state index is 0.0960. The van der Waals surface area contributed by atoms with Gasteiger partial charge in [0.15, 0.2) is 0 Å². The highest BCUT2D eigenvalue weighted by molar-refractivity contribution is 9.10. The van der Waals surface area contributed by atoms with Crippen LogP contribution in [-0.4, -0.2) is 23.4 Å². The number of fused-ring (bicyclic) bond motifs is 2. The molecule has 0 aromatic heterocycles. The second-order valence-electron chi connectivity index (χ2n) is 5.34. The lowest BCUT2D eigenvalue weighted by molar-refractivity contribution is -0.485. The predicted molar refractivity (Wildman–Crippen MR) is 75.5 cm³/mol. The van der Waals surface area contributed by atoms with Gasteiger partial charge in [0.1, 0.15) is 17.6 Å². The molecule has 0 amide bonds. The SMILES string of the molecule is O=C1CCC[C@H]2Oc3ccc(Br)cc3[C@H](C[N+](=O)[O-])[C@@H]12. The maximum absolute atomic E-state index is 12.2. The van der Waals surface area contributed by atoms with E-state index in [1.807, 2.05) is 18.2 Å². The fourth-order valence-electron chi connectivity index (χ4n) is 3.29. The highest BCUT2D eigenvalue weighted by Crippen LogP contribution is 2.45. The van der Waals surface area contributed by atoms with Crippen molar-refractivity contribution in [3.05, 3.63) is 38.3 Å². The zero-order valence-electron chi connectivity index (χ0n) is 10.8. The summed E-state index contributed by atoms with van der Waals surface area (Å²) in [5.74, 6) is 0.00901. The summed E-state index contributed by atoms with van der Waals surface area (Å²) in [7, 11) is 0. The summed E-state index contributed by atoms with van der Waals surface area (Å²) in [6, 6.07) is 5.51. The van der Waals surface area contributed by atoms with Gasteiger partial charge < -0.3 is 4.74 Å². The number of ketones is 1. The highest BCUT2D eigenvalue weighted by Gasteiger charge is 2.46. The number of benzene rings is 1. The summed E-state index contributed by atoms with van der Waals surface area (Å²) < 4.78 is 6.75. The minimum atomic E-state index is -0.385. The first kappa shape index (κ1) is 13.5. The van der Waals surface area contributed by atoms with E-state index in [4.69, 9.17) is 4.74 Å². The van der Waals surface area contributed by atoms with Crippen LogP contribution in [0.3, 0.4) is 0 Å². The molecule has 1 saturated carbocycles. The van der Waals surface area contributed by atoms with Crippen LogP contribution in [0.4, 0.5) is 0 Å². The molecule has 106 valence electrons. The molecule has 0 spiro atoms. The van der Waals surface area contributed by atoms with Gasteiger partial charge in [-0.05, 0) is 31.0 Å². The van der Waals surface area contributed by atoms with E-state index in [2.05, 4.69) is 15.9 Å². The average Bonchev–Trinajstić information content (AvgIpc) is 2.39. The van der Waals surface area contributed by atoms with Gasteiger partial charge in [-0.25, -0.2) is 0 Å². The molecular weight excluding hydrogens is 326 g/mol. The van der Waals surface area contributed by atoms with Gasteiger partial charge in [0.25, 0.3) is 0 Å². The van der Waals surface area contributed by atoms with Crippen molar-refractivity contribution >= 4 is 21.7 Å². The van der Waals surface area contributed by atoms with Gasteiger partial charge in [0.05, 0.1) is 11.8 Å². The molecule has 1 heterocycles. The molecule has 0 saturated heterocycles. The van der Waals surface area contributed by atoms with Crippen LogP contribution in [0.25, 0.3) is 0 Å². The van der Waals surface area contributed by atoms with Crippen molar-refractivity contribution in [1.29, 1.82) is 0 Å². The van der Waals surface area contributed by atoms with Gasteiger partial charge in [0, 0.05) is 21.4 Å². The Morgan fingerprint density at radius 3 is 3.00 bits per heavy atom. The molecule has 2 aliphatic rings. The molecule has 1 aromatic carbocycles. The number of nitro groups is 1. The van der Waals surface area contributed by atoms with Crippen LogP contribution >= 0.6 is 15.9 Å². The Morgan fingerprint density at radius 2 is 2.25 bits per heavy atom. The van der Waals surface area contributed by atoms with Crippen LogP contribution in [0.1, 0.15) is 30.7 Å². The number of hydrogen-bond donors (Lipinski definition) is 0. The zero-order chi connectivity index (χ0) is 14.3. The summed E-state index contributed by atoms with van der Waals surface area (Å²) in [6.07, 6.45) is 1.88. The molecule has 1 aliphatic heterocycles. The molecule has 1 aliphatic carbocycles. The molecule has 5 nitrogen and oxygen atoms in total. The zero-order valence-corrected chi connectivity index (χ0v) is 12.3. The summed E-state index contributed by atoms with van der Waals surface area (Å²) in [5.41, 5.74) is 0.771. The van der Waals surface area contributed by atoms with E-state index in [9.17, 15) is 14.9 Å². The van der Waals surface area contributed by atoms with Crippen molar-refractivity contribution in [2.24, 2.45) is 5.92 Å². The number of halogens is 1. The number of carbonyl (C=O) groups is 1. The van der Waals surface area contributed by atoms with Crippen LogP contribution < -0.4 is 4.74 Å². The first-order valence-corrected chi connectivity index (χ1v) is 7.46. The number of hydrogen-bond acceptors (Lipinski definition) is 4. The van der Waals surface area contributed by atoms with E-state index in [0.717, 1.165) is 22.9 Å². The molecule has 0 radical (unpaired) electrons. The molecule has 0 unspecified atom stereocenters. The molecule has 0 N–H and O–H groups in total. The molecule has 20 heavy (non-hydrogen) atoms. The van der Waals surface area contributed by atoms with Crippen LogP contribution in [0.15, 0.2) is 22.7 Å². The van der Waals surface area contributed by atoms with E-state index in [1.54, 1.807) is 0 Å². The smallest absolute Gasteiger partial charge is 0.211 e. The van der Waals surface area contributed by atoms with Crippen molar-refractivity contribution in [3.63, 3.8) is 0 Å². The Balaban J connectivity index is 2.06. The largest absolute Gasteiger partial charge is 0.489 e. The van der Waals surface area contributed by atoms with E-state index in [-0.39, 0.29) is 35.2 Å². The minimum Gasteiger partial charge on any atom is -0.489 e. The maximum Gasteiger partial charge on any atom is 0.211 e. The molecular formula is C14H14BrNO4. The lowest BCUT2D eigenvalue weighted by Crippen LogP contribution is -2.45. The molecule has 1 fully saturated rings. The van der Waals surface area contributed by atoms with Crippen molar-refractivity contribution in [1.82, 2.24) is 0 Å². The topological polar surface area (TPSA) is 69.4 Å². The fourth-order valence-corrected chi connectivity index (χ4v) is 3.67. The Morgan fingerprint density at radius 1 is 1.45 bits per heavy atom. The van der Waals surface area contributed by atoms with Gasteiger partial charge in [-0.1, -0.05) is 15.9 Å². The van der Waals surface area contributed by atoms with Gasteiger partial charge in [-0.3, -0.25) is 14.9 Å². The molecule has 0 bridgehead atoms. The number of carbonyl (C=O) groups excluding carboxylic acids is 1. The van der Waals surface area contributed by atoms with Crippen LogP contribution in [-0.2, 0) is 4.79 Å². The number of Topliss-reactive ketones (excluding diaryl/α,β-unsaturated/α-hetero) is 1. The summed E-state index contributed by atoms with van der Waals surface area (Å²) >= 11 is 3.38. The second kappa shape index (κ2) is 5.16. The number of nitrogens with zero attached hydrogens (tertiary/aromatic N) is 1. The Kier molecular flexibility index (Phi) is 3.50. The summed E-state index contributed by atoms with van der Waals surface area (Å²) in [6.45, 7) is -0.223. The van der Waals surface area contributed by atoms with Crippen LogP contribution in [0, 0.1) is 16.0 Å². The van der Waals surface area contributed by atoms with Crippen molar-refractivity contribution in [2.45, 2.75) is 31.3 Å². The maximum atomic E-state index is 12.2. The number of rotatable bonds is 2. The van der Waals surface area contributed by atoms with Crippen molar-refractivity contribution in [3.8, 4) is 5.75 Å². The Bertz CT molecular complexity index is 574. The van der Waals surface area contributed by atoms with Gasteiger partial charge in [-0.15, -0.1) is 0 Å². The van der Waals surface area contributed by atoms with Crippen molar-refractivity contribution in [2.75, 3.05) is 6.54 Å². The molecule has 3 atom stereocenters. The Hall–Kier alpha value is -1.43. The van der Waals surface area contributed by atoms with E-state index in [0.29, 0.717) is 12.2 Å². The highest BCUT2D eigenvalue weighted by atomic mass is 79.9. The van der Waals surface area contributed by atoms with Crippen LogP contribution in [0.2, 0.25) is 0 Å². The first-order valence-electron chi connectivity index (χ1n) is 6.67. The first-order chi connectivity index (χ1) is 9.56. The summed E-state index contributed by atoms with van der Waals surface area (Å²) in [4.78, 5) is 22.9. The lowest BCUT2D eigenvalue weighted by Gasteiger charge is -2.39. The third-order valence-electron chi connectivity index (χ3n) is 4.11. The third kappa shape index (κ3) is 2.32. The van der Waals surface area contributed by atoms with Gasteiger partial charge >= 0.3 is 0 Å². The van der Waals surface area contributed by atoms with E-state index in [1.165, 1.54) is 0 Å². The molecule has 3 rings (SSSR count). The summed E-state index contributed by atoms with van der Waals surface area (Å²) in [5, 5.41) is 11.0. The monoisotopic (exact) mass is 339 g/mol. The van der Waals surface area contributed by atoms with E-state index < -0.39 is 0 Å². The van der Waals surface area contributed by atoms with Crippen LogP contribution in [0.5, 0.6) is 5.75 Å². The number of ether oxygens (including phenoxy) is 1.